The molecule has 1 aromatic rings. The monoisotopic (exact) mass is 185 g/mol. The van der Waals surface area contributed by atoms with Crippen molar-refractivity contribution >= 4 is 0 Å². The van der Waals surface area contributed by atoms with Crippen molar-refractivity contribution in [3.63, 3.8) is 0 Å². The Bertz CT molecular complexity index is 297. The standard InChI is InChI=1S/C10H13F2N/c1-7-5-8(3-2-4-13)10(12)6-9(7)11/h5-6H,2-4,13H2,1H3. The van der Waals surface area contributed by atoms with E-state index >= 15 is 0 Å². The highest BCUT2D eigenvalue weighted by Crippen LogP contribution is 2.15. The highest BCUT2D eigenvalue weighted by molar-refractivity contribution is 5.25. The van der Waals surface area contributed by atoms with Crippen molar-refractivity contribution < 1.29 is 8.78 Å². The van der Waals surface area contributed by atoms with Gasteiger partial charge in [0.05, 0.1) is 0 Å². The lowest BCUT2D eigenvalue weighted by Gasteiger charge is -2.04. The van der Waals surface area contributed by atoms with Crippen LogP contribution in [0.25, 0.3) is 0 Å². The van der Waals surface area contributed by atoms with Crippen molar-refractivity contribution in [1.82, 2.24) is 0 Å². The molecule has 0 spiro atoms. The lowest BCUT2D eigenvalue weighted by atomic mass is 10.1. The van der Waals surface area contributed by atoms with Crippen LogP contribution in [-0.2, 0) is 6.42 Å². The van der Waals surface area contributed by atoms with Crippen molar-refractivity contribution in [3.8, 4) is 0 Å². The second-order valence-electron chi connectivity index (χ2n) is 3.09. The number of aryl methyl sites for hydroxylation is 2. The molecule has 0 bridgehead atoms. The molecular weight excluding hydrogens is 172 g/mol. The van der Waals surface area contributed by atoms with Crippen LogP contribution in [0.5, 0.6) is 0 Å². The molecule has 1 nitrogen and oxygen atoms in total. The van der Waals surface area contributed by atoms with Gasteiger partial charge in [0, 0.05) is 6.07 Å². The first-order valence-corrected chi connectivity index (χ1v) is 4.29. The molecular formula is C10H13F2N. The van der Waals surface area contributed by atoms with E-state index in [9.17, 15) is 8.78 Å². The highest BCUT2D eigenvalue weighted by atomic mass is 19.1. The molecule has 0 aliphatic heterocycles. The zero-order valence-corrected chi connectivity index (χ0v) is 7.61. The van der Waals surface area contributed by atoms with Crippen molar-refractivity contribution in [2.45, 2.75) is 19.8 Å². The normalized spacial score (nSPS) is 10.5. The molecule has 0 heterocycles. The van der Waals surface area contributed by atoms with E-state index < -0.39 is 11.6 Å². The summed E-state index contributed by atoms with van der Waals surface area (Å²) in [7, 11) is 0. The van der Waals surface area contributed by atoms with E-state index in [4.69, 9.17) is 5.73 Å². The van der Waals surface area contributed by atoms with Crippen LogP contribution in [0.1, 0.15) is 17.5 Å². The van der Waals surface area contributed by atoms with Gasteiger partial charge in [0.15, 0.2) is 0 Å². The second-order valence-corrected chi connectivity index (χ2v) is 3.09. The molecule has 0 radical (unpaired) electrons. The number of hydrogen-bond donors (Lipinski definition) is 1. The number of halogens is 2. The lowest BCUT2D eigenvalue weighted by molar-refractivity contribution is 0.564. The van der Waals surface area contributed by atoms with Crippen LogP contribution in [0.2, 0.25) is 0 Å². The summed E-state index contributed by atoms with van der Waals surface area (Å²) in [5.41, 5.74) is 6.32. The van der Waals surface area contributed by atoms with E-state index in [0.717, 1.165) is 12.5 Å². The first-order chi connectivity index (χ1) is 6.15. The predicted molar refractivity (Wildman–Crippen MR) is 48.5 cm³/mol. The average molecular weight is 185 g/mol. The van der Waals surface area contributed by atoms with E-state index in [-0.39, 0.29) is 0 Å². The molecule has 0 amide bonds. The largest absolute Gasteiger partial charge is 0.330 e. The molecule has 0 unspecified atom stereocenters. The van der Waals surface area contributed by atoms with Gasteiger partial charge in [-0.25, -0.2) is 8.78 Å². The van der Waals surface area contributed by atoms with Gasteiger partial charge in [-0.3, -0.25) is 0 Å². The summed E-state index contributed by atoms with van der Waals surface area (Å²) in [4.78, 5) is 0. The Kier molecular flexibility index (Phi) is 3.37. The van der Waals surface area contributed by atoms with Crippen LogP contribution in [0, 0.1) is 18.6 Å². The van der Waals surface area contributed by atoms with Crippen molar-refractivity contribution in [1.29, 1.82) is 0 Å². The summed E-state index contributed by atoms with van der Waals surface area (Å²) in [6.45, 7) is 2.15. The number of rotatable bonds is 3. The number of benzene rings is 1. The maximum Gasteiger partial charge on any atom is 0.129 e. The molecule has 0 aromatic heterocycles. The fraction of sp³-hybridized carbons (Fsp3) is 0.400. The summed E-state index contributed by atoms with van der Waals surface area (Å²) in [5, 5.41) is 0. The summed E-state index contributed by atoms with van der Waals surface area (Å²) in [6, 6.07) is 2.47. The first kappa shape index (κ1) is 10.1. The van der Waals surface area contributed by atoms with E-state index in [0.29, 0.717) is 24.1 Å². The Labute approximate surface area is 76.6 Å². The molecule has 13 heavy (non-hydrogen) atoms. The molecule has 0 saturated carbocycles. The smallest absolute Gasteiger partial charge is 0.129 e. The molecule has 72 valence electrons. The fourth-order valence-electron chi connectivity index (χ4n) is 1.20. The van der Waals surface area contributed by atoms with Gasteiger partial charge in [0.1, 0.15) is 11.6 Å². The van der Waals surface area contributed by atoms with E-state index in [1.54, 1.807) is 13.0 Å². The lowest BCUT2D eigenvalue weighted by Crippen LogP contribution is -2.02. The molecule has 0 aliphatic carbocycles. The van der Waals surface area contributed by atoms with Crippen LogP contribution in [0.4, 0.5) is 8.78 Å². The van der Waals surface area contributed by atoms with Gasteiger partial charge in [0.25, 0.3) is 0 Å². The number of hydrogen-bond acceptors (Lipinski definition) is 1. The van der Waals surface area contributed by atoms with Crippen molar-refractivity contribution in [3.05, 3.63) is 34.9 Å². The molecule has 0 aliphatic rings. The second kappa shape index (κ2) is 4.33. The Balaban J connectivity index is 2.88. The summed E-state index contributed by atoms with van der Waals surface area (Å²) in [6.07, 6.45) is 1.30. The Morgan fingerprint density at radius 1 is 1.23 bits per heavy atom. The topological polar surface area (TPSA) is 26.0 Å². The third-order valence-electron chi connectivity index (χ3n) is 1.98. The average Bonchev–Trinajstić information content (AvgIpc) is 2.09. The maximum absolute atomic E-state index is 13.1. The third-order valence-corrected chi connectivity index (χ3v) is 1.98. The van der Waals surface area contributed by atoms with Crippen LogP contribution in [-0.4, -0.2) is 6.54 Å². The number of nitrogens with two attached hydrogens (primary N) is 1. The SMILES string of the molecule is Cc1cc(CCCN)c(F)cc1F. The van der Waals surface area contributed by atoms with Crippen LogP contribution in [0.3, 0.4) is 0 Å². The molecule has 1 rings (SSSR count). The van der Waals surface area contributed by atoms with Gasteiger partial charge < -0.3 is 5.73 Å². The Hall–Kier alpha value is -0.960. The molecule has 2 N–H and O–H groups in total. The first-order valence-electron chi connectivity index (χ1n) is 4.29. The minimum atomic E-state index is -0.492. The Morgan fingerprint density at radius 3 is 2.54 bits per heavy atom. The Morgan fingerprint density at radius 2 is 1.92 bits per heavy atom. The van der Waals surface area contributed by atoms with Gasteiger partial charge in [-0.05, 0) is 37.4 Å². The van der Waals surface area contributed by atoms with Gasteiger partial charge >= 0.3 is 0 Å². The third kappa shape index (κ3) is 2.49. The van der Waals surface area contributed by atoms with Crippen LogP contribution in [0.15, 0.2) is 12.1 Å². The minimum Gasteiger partial charge on any atom is -0.330 e. The van der Waals surface area contributed by atoms with E-state index in [1.165, 1.54) is 0 Å². The molecule has 0 fully saturated rings. The summed E-state index contributed by atoms with van der Waals surface area (Å²) in [5.74, 6) is -0.967. The quantitative estimate of drug-likeness (QED) is 0.767. The van der Waals surface area contributed by atoms with Gasteiger partial charge in [-0.15, -0.1) is 0 Å². The van der Waals surface area contributed by atoms with Gasteiger partial charge in [-0.1, -0.05) is 6.07 Å². The summed E-state index contributed by atoms with van der Waals surface area (Å²) < 4.78 is 25.9. The van der Waals surface area contributed by atoms with Gasteiger partial charge in [0.2, 0.25) is 0 Å². The minimum absolute atomic E-state index is 0.475. The molecule has 1 aromatic carbocycles. The van der Waals surface area contributed by atoms with Crippen molar-refractivity contribution in [2.75, 3.05) is 6.54 Å². The van der Waals surface area contributed by atoms with E-state index in [2.05, 4.69) is 0 Å². The van der Waals surface area contributed by atoms with Gasteiger partial charge in [-0.2, -0.15) is 0 Å². The van der Waals surface area contributed by atoms with Crippen molar-refractivity contribution in [2.24, 2.45) is 5.73 Å². The molecule has 3 heteroatoms. The molecule has 0 atom stereocenters. The molecule has 0 saturated heterocycles. The predicted octanol–water partition coefficient (Wildman–Crippen LogP) is 2.16. The highest BCUT2D eigenvalue weighted by Gasteiger charge is 2.06. The maximum atomic E-state index is 13.1. The van der Waals surface area contributed by atoms with Crippen LogP contribution < -0.4 is 5.73 Å². The van der Waals surface area contributed by atoms with E-state index in [1.807, 2.05) is 0 Å². The van der Waals surface area contributed by atoms with Crippen LogP contribution >= 0.6 is 0 Å². The zero-order valence-electron chi connectivity index (χ0n) is 7.61. The summed E-state index contributed by atoms with van der Waals surface area (Å²) >= 11 is 0. The fourth-order valence-corrected chi connectivity index (χ4v) is 1.20. The zero-order chi connectivity index (χ0) is 9.84.